The number of amides is 1. The van der Waals surface area contributed by atoms with Gasteiger partial charge in [-0.1, -0.05) is 37.3 Å². The van der Waals surface area contributed by atoms with E-state index in [4.69, 9.17) is 0 Å². The van der Waals surface area contributed by atoms with Gasteiger partial charge in [-0.15, -0.1) is 0 Å². The number of hydrogen-bond acceptors (Lipinski definition) is 4. The van der Waals surface area contributed by atoms with Gasteiger partial charge in [-0.3, -0.25) is 4.79 Å². The van der Waals surface area contributed by atoms with Crippen LogP contribution < -0.4 is 10.2 Å². The molecule has 0 atom stereocenters. The molecule has 0 spiro atoms. The van der Waals surface area contributed by atoms with Crippen molar-refractivity contribution in [2.24, 2.45) is 0 Å². The minimum atomic E-state index is -0.143. The Kier molecular flexibility index (Phi) is 6.71. The average molecular weight is 430 g/mol. The molecule has 1 aromatic heterocycles. The summed E-state index contributed by atoms with van der Waals surface area (Å²) in [5, 5.41) is 7.73. The van der Waals surface area contributed by atoms with Gasteiger partial charge in [0.15, 0.2) is 0 Å². The van der Waals surface area contributed by atoms with E-state index in [0.29, 0.717) is 0 Å². The van der Waals surface area contributed by atoms with Crippen LogP contribution in [0.1, 0.15) is 23.9 Å². The monoisotopic (exact) mass is 429 g/mol. The topological polar surface area (TPSA) is 53.4 Å². The number of aromatic nitrogens is 2. The van der Waals surface area contributed by atoms with Crippen LogP contribution in [0.4, 0.5) is 11.4 Å². The van der Waals surface area contributed by atoms with Crippen LogP contribution in [0.5, 0.6) is 0 Å². The van der Waals surface area contributed by atoms with E-state index >= 15 is 0 Å². The number of para-hydroxylation sites is 3. The Labute approximate surface area is 190 Å². The van der Waals surface area contributed by atoms with Crippen LogP contribution in [-0.4, -0.2) is 53.3 Å². The molecule has 0 aliphatic carbocycles. The molecule has 1 fully saturated rings. The molecule has 0 unspecified atom stereocenters. The summed E-state index contributed by atoms with van der Waals surface area (Å²) in [6, 6.07) is 18.1. The highest BCUT2D eigenvalue weighted by Crippen LogP contribution is 2.27. The van der Waals surface area contributed by atoms with Crippen molar-refractivity contribution in [2.75, 3.05) is 42.9 Å². The minimum absolute atomic E-state index is 0.143. The summed E-state index contributed by atoms with van der Waals surface area (Å²) in [4.78, 5) is 17.6. The molecule has 1 amide bonds. The summed E-state index contributed by atoms with van der Waals surface area (Å²) in [6.45, 7) is 11.3. The molecule has 1 aliphatic rings. The number of likely N-dealkylation sites (N-methyl/N-ethyl adjacent to an activating group) is 1. The highest BCUT2D eigenvalue weighted by atomic mass is 16.1. The summed E-state index contributed by atoms with van der Waals surface area (Å²) < 4.78 is 1.91. The van der Waals surface area contributed by atoms with Crippen molar-refractivity contribution in [3.05, 3.63) is 77.6 Å². The Balaban J connectivity index is 1.48. The number of carbonyl (C=O) groups is 1. The van der Waals surface area contributed by atoms with Gasteiger partial charge in [0.2, 0.25) is 5.91 Å². The Morgan fingerprint density at radius 2 is 1.69 bits per heavy atom. The molecule has 6 heteroatoms. The SMILES string of the molecule is CCN1CCN(c2ccccc2NC(=O)/C=C/c2c(C)nn(-c3ccccc3)c2C)CC1. The van der Waals surface area contributed by atoms with E-state index in [9.17, 15) is 4.79 Å². The molecule has 4 rings (SSSR count). The molecule has 0 saturated carbocycles. The van der Waals surface area contributed by atoms with E-state index in [2.05, 4.69) is 33.2 Å². The van der Waals surface area contributed by atoms with Gasteiger partial charge in [0.05, 0.1) is 22.8 Å². The number of aryl methyl sites for hydroxylation is 1. The van der Waals surface area contributed by atoms with E-state index < -0.39 is 0 Å². The maximum atomic E-state index is 12.8. The second-order valence-electron chi connectivity index (χ2n) is 8.09. The van der Waals surface area contributed by atoms with Crippen LogP contribution >= 0.6 is 0 Å². The van der Waals surface area contributed by atoms with Crippen molar-refractivity contribution < 1.29 is 4.79 Å². The zero-order valence-electron chi connectivity index (χ0n) is 19.1. The van der Waals surface area contributed by atoms with Gasteiger partial charge < -0.3 is 15.1 Å². The van der Waals surface area contributed by atoms with Crippen molar-refractivity contribution in [2.45, 2.75) is 20.8 Å². The Morgan fingerprint density at radius 1 is 1.00 bits per heavy atom. The van der Waals surface area contributed by atoms with E-state index in [1.807, 2.05) is 73.1 Å². The van der Waals surface area contributed by atoms with Crippen LogP contribution in [0, 0.1) is 13.8 Å². The molecule has 1 aliphatic heterocycles. The van der Waals surface area contributed by atoms with Gasteiger partial charge in [-0.05, 0) is 50.7 Å². The summed E-state index contributed by atoms with van der Waals surface area (Å²) >= 11 is 0. The Hall–Kier alpha value is -3.38. The minimum Gasteiger partial charge on any atom is -0.367 e. The maximum Gasteiger partial charge on any atom is 0.248 e. The van der Waals surface area contributed by atoms with Crippen LogP contribution in [-0.2, 0) is 4.79 Å². The first-order valence-corrected chi connectivity index (χ1v) is 11.2. The highest BCUT2D eigenvalue weighted by Gasteiger charge is 2.18. The molecule has 0 radical (unpaired) electrons. The molecule has 6 nitrogen and oxygen atoms in total. The third-order valence-electron chi connectivity index (χ3n) is 6.07. The molecule has 3 aromatic rings. The Bertz CT molecular complexity index is 1090. The lowest BCUT2D eigenvalue weighted by Gasteiger charge is -2.36. The predicted octanol–water partition coefficient (Wildman–Crippen LogP) is 4.28. The third-order valence-corrected chi connectivity index (χ3v) is 6.07. The van der Waals surface area contributed by atoms with E-state index in [1.165, 1.54) is 0 Å². The molecule has 1 saturated heterocycles. The molecule has 2 aromatic carbocycles. The van der Waals surface area contributed by atoms with E-state index in [1.54, 1.807) is 6.08 Å². The molecular formula is C26H31N5O. The standard InChI is InChI=1S/C26H31N5O/c1-4-29-16-18-30(19-17-29)25-13-9-8-12-24(25)27-26(32)15-14-23-20(2)28-31(21(23)3)22-10-6-5-7-11-22/h5-15H,4,16-19H2,1-3H3,(H,27,32)/b15-14+. The van der Waals surface area contributed by atoms with Crippen LogP contribution in [0.15, 0.2) is 60.7 Å². The third kappa shape index (κ3) is 4.75. The van der Waals surface area contributed by atoms with Crippen LogP contribution in [0.2, 0.25) is 0 Å². The molecule has 0 bridgehead atoms. The van der Waals surface area contributed by atoms with Gasteiger partial charge >= 0.3 is 0 Å². The van der Waals surface area contributed by atoms with Crippen LogP contribution in [0.25, 0.3) is 11.8 Å². The molecule has 1 N–H and O–H groups in total. The molecular weight excluding hydrogens is 398 g/mol. The predicted molar refractivity (Wildman–Crippen MR) is 131 cm³/mol. The summed E-state index contributed by atoms with van der Waals surface area (Å²) in [6.07, 6.45) is 3.45. The van der Waals surface area contributed by atoms with E-state index in [-0.39, 0.29) is 5.91 Å². The summed E-state index contributed by atoms with van der Waals surface area (Å²) in [7, 11) is 0. The number of nitrogens with zero attached hydrogens (tertiary/aromatic N) is 4. The van der Waals surface area contributed by atoms with Crippen molar-refractivity contribution in [1.29, 1.82) is 0 Å². The fourth-order valence-corrected chi connectivity index (χ4v) is 4.21. The maximum absolute atomic E-state index is 12.8. The number of benzene rings is 2. The zero-order valence-corrected chi connectivity index (χ0v) is 19.1. The molecule has 166 valence electrons. The number of nitrogens with one attached hydrogen (secondary N) is 1. The van der Waals surface area contributed by atoms with Gasteiger partial charge in [0, 0.05) is 43.5 Å². The smallest absolute Gasteiger partial charge is 0.248 e. The summed E-state index contributed by atoms with van der Waals surface area (Å²) in [5.74, 6) is -0.143. The second kappa shape index (κ2) is 9.83. The Morgan fingerprint density at radius 3 is 2.41 bits per heavy atom. The average Bonchev–Trinajstić information content (AvgIpc) is 3.12. The second-order valence-corrected chi connectivity index (χ2v) is 8.09. The number of hydrogen-bond donors (Lipinski definition) is 1. The van der Waals surface area contributed by atoms with Crippen molar-refractivity contribution in [3.63, 3.8) is 0 Å². The largest absolute Gasteiger partial charge is 0.367 e. The van der Waals surface area contributed by atoms with Crippen molar-refractivity contribution >= 4 is 23.4 Å². The first-order chi connectivity index (χ1) is 15.6. The zero-order chi connectivity index (χ0) is 22.5. The molecule has 2 heterocycles. The van der Waals surface area contributed by atoms with Gasteiger partial charge in [0.25, 0.3) is 0 Å². The van der Waals surface area contributed by atoms with Crippen molar-refractivity contribution in [1.82, 2.24) is 14.7 Å². The summed E-state index contributed by atoms with van der Waals surface area (Å²) in [5.41, 5.74) is 5.80. The number of carbonyl (C=O) groups excluding carboxylic acids is 1. The normalized spacial score (nSPS) is 14.8. The first-order valence-electron chi connectivity index (χ1n) is 11.2. The quantitative estimate of drug-likeness (QED) is 0.594. The number of piperazine rings is 1. The fraction of sp³-hybridized carbons (Fsp3) is 0.308. The number of anilines is 2. The fourth-order valence-electron chi connectivity index (χ4n) is 4.21. The first kappa shape index (κ1) is 21.8. The van der Waals surface area contributed by atoms with Crippen LogP contribution in [0.3, 0.4) is 0 Å². The lowest BCUT2D eigenvalue weighted by Crippen LogP contribution is -2.46. The van der Waals surface area contributed by atoms with Gasteiger partial charge in [-0.25, -0.2) is 4.68 Å². The van der Waals surface area contributed by atoms with Crippen molar-refractivity contribution in [3.8, 4) is 5.69 Å². The van der Waals surface area contributed by atoms with E-state index in [0.717, 1.165) is 66.7 Å². The lowest BCUT2D eigenvalue weighted by atomic mass is 10.1. The highest BCUT2D eigenvalue weighted by molar-refractivity contribution is 6.04. The number of rotatable bonds is 6. The lowest BCUT2D eigenvalue weighted by molar-refractivity contribution is -0.111. The van der Waals surface area contributed by atoms with Gasteiger partial charge in [-0.2, -0.15) is 5.10 Å². The molecule has 32 heavy (non-hydrogen) atoms. The van der Waals surface area contributed by atoms with Gasteiger partial charge in [0.1, 0.15) is 0 Å².